The van der Waals surface area contributed by atoms with Crippen molar-refractivity contribution in [2.45, 2.75) is 26.9 Å². The Labute approximate surface area is 168 Å². The molecule has 3 rings (SSSR count). The number of hydrogen-bond donors (Lipinski definition) is 1. The number of hydrogen-bond acceptors (Lipinski definition) is 5. The molecule has 0 unspecified atom stereocenters. The highest BCUT2D eigenvalue weighted by atomic mass is 16.5. The van der Waals surface area contributed by atoms with E-state index >= 15 is 0 Å². The van der Waals surface area contributed by atoms with Gasteiger partial charge in [-0.25, -0.2) is 0 Å². The number of aromatic nitrogens is 2. The fourth-order valence-corrected chi connectivity index (χ4v) is 2.65. The summed E-state index contributed by atoms with van der Waals surface area (Å²) in [6.45, 7) is 5.58. The maximum absolute atomic E-state index is 12.4. The third-order valence-electron chi connectivity index (χ3n) is 4.54. The lowest BCUT2D eigenvalue weighted by Gasteiger charge is -2.15. The highest BCUT2D eigenvalue weighted by Crippen LogP contribution is 2.16. The Morgan fingerprint density at radius 2 is 1.76 bits per heavy atom. The lowest BCUT2D eigenvalue weighted by molar-refractivity contribution is -0.122. The van der Waals surface area contributed by atoms with Crippen molar-refractivity contribution in [2.24, 2.45) is 0 Å². The summed E-state index contributed by atoms with van der Waals surface area (Å²) in [5.41, 5.74) is 3.15. The fraction of sp³-hybridized carbons (Fsp3) is 0.227. The van der Waals surface area contributed by atoms with Crippen molar-refractivity contribution in [1.29, 1.82) is 0 Å². The molecule has 1 amide bonds. The molecule has 0 saturated heterocycles. The van der Waals surface area contributed by atoms with E-state index in [1.807, 2.05) is 32.0 Å². The fourth-order valence-electron chi connectivity index (χ4n) is 2.65. The number of amides is 1. The van der Waals surface area contributed by atoms with Crippen LogP contribution in [0.4, 0.5) is 5.69 Å². The first-order valence-electron chi connectivity index (χ1n) is 9.17. The van der Waals surface area contributed by atoms with Crippen molar-refractivity contribution >= 4 is 11.6 Å². The molecule has 150 valence electrons. The standard InChI is InChI=1S/C22H23N3O4/c1-14-5-8-18(13-15(14)2)25-21(26)12-11-20(24-25)29-16(3)22(27)23-17-6-9-19(28-4)10-7-17/h5-13,16H,1-4H3,(H,23,27)/t16-/m0/s1. The SMILES string of the molecule is COc1ccc(NC(=O)[C@H](C)Oc2ccc(=O)n(-c3ccc(C)c(C)c3)n2)cc1. The quantitative estimate of drug-likeness (QED) is 0.695. The van der Waals surface area contributed by atoms with Crippen LogP contribution in [0.25, 0.3) is 5.69 Å². The number of rotatable bonds is 6. The van der Waals surface area contributed by atoms with E-state index in [1.54, 1.807) is 38.3 Å². The predicted molar refractivity (Wildman–Crippen MR) is 111 cm³/mol. The second-order valence-electron chi connectivity index (χ2n) is 6.67. The van der Waals surface area contributed by atoms with Gasteiger partial charge in [0.05, 0.1) is 12.8 Å². The van der Waals surface area contributed by atoms with E-state index in [0.717, 1.165) is 11.1 Å². The summed E-state index contributed by atoms with van der Waals surface area (Å²) in [6, 6.07) is 15.4. The summed E-state index contributed by atoms with van der Waals surface area (Å²) in [5, 5.41) is 7.02. The Hall–Kier alpha value is -3.61. The average Bonchev–Trinajstić information content (AvgIpc) is 2.72. The Morgan fingerprint density at radius 1 is 1.03 bits per heavy atom. The molecule has 0 spiro atoms. The third-order valence-corrected chi connectivity index (χ3v) is 4.54. The number of benzene rings is 2. The van der Waals surface area contributed by atoms with E-state index in [9.17, 15) is 9.59 Å². The number of anilines is 1. The molecule has 7 nitrogen and oxygen atoms in total. The number of aryl methyl sites for hydroxylation is 2. The number of nitrogens with zero attached hydrogens (tertiary/aromatic N) is 2. The molecule has 0 saturated carbocycles. The zero-order valence-corrected chi connectivity index (χ0v) is 16.8. The molecule has 29 heavy (non-hydrogen) atoms. The van der Waals surface area contributed by atoms with Crippen molar-refractivity contribution in [1.82, 2.24) is 9.78 Å². The highest BCUT2D eigenvalue weighted by molar-refractivity contribution is 5.94. The molecule has 1 atom stereocenters. The second-order valence-corrected chi connectivity index (χ2v) is 6.67. The van der Waals surface area contributed by atoms with Crippen molar-refractivity contribution < 1.29 is 14.3 Å². The summed E-state index contributed by atoms with van der Waals surface area (Å²) < 4.78 is 12.0. The number of methoxy groups -OCH3 is 1. The summed E-state index contributed by atoms with van der Waals surface area (Å²) in [5.74, 6) is 0.547. The van der Waals surface area contributed by atoms with E-state index in [2.05, 4.69) is 10.4 Å². The number of nitrogens with one attached hydrogen (secondary N) is 1. The van der Waals surface area contributed by atoms with Crippen LogP contribution >= 0.6 is 0 Å². The van der Waals surface area contributed by atoms with Gasteiger partial charge in [-0.1, -0.05) is 6.07 Å². The molecular formula is C22H23N3O4. The van der Waals surface area contributed by atoms with Crippen molar-refractivity contribution in [3.8, 4) is 17.3 Å². The molecule has 7 heteroatoms. The predicted octanol–water partition coefficient (Wildman–Crippen LogP) is 3.26. The monoisotopic (exact) mass is 393 g/mol. The maximum Gasteiger partial charge on any atom is 0.271 e. The van der Waals surface area contributed by atoms with Crippen LogP contribution in [0.3, 0.4) is 0 Å². The largest absolute Gasteiger partial charge is 0.497 e. The smallest absolute Gasteiger partial charge is 0.271 e. The zero-order valence-electron chi connectivity index (χ0n) is 16.8. The zero-order chi connectivity index (χ0) is 21.0. The molecule has 0 fully saturated rings. The molecule has 1 heterocycles. The first kappa shape index (κ1) is 20.1. The van der Waals surface area contributed by atoms with Crippen molar-refractivity contribution in [2.75, 3.05) is 12.4 Å². The van der Waals surface area contributed by atoms with E-state index < -0.39 is 6.10 Å². The second kappa shape index (κ2) is 8.60. The average molecular weight is 393 g/mol. The lowest BCUT2D eigenvalue weighted by Crippen LogP contribution is -2.31. The molecular weight excluding hydrogens is 370 g/mol. The molecule has 1 aromatic heterocycles. The number of carbonyl (C=O) groups is 1. The Bertz CT molecular complexity index is 1070. The van der Waals surface area contributed by atoms with Gasteiger partial charge in [0, 0.05) is 17.8 Å². The van der Waals surface area contributed by atoms with Crippen LogP contribution < -0.4 is 20.3 Å². The van der Waals surface area contributed by atoms with Crippen LogP contribution in [0.2, 0.25) is 0 Å². The van der Waals surface area contributed by atoms with Crippen LogP contribution in [0.1, 0.15) is 18.1 Å². The van der Waals surface area contributed by atoms with E-state index in [-0.39, 0.29) is 17.3 Å². The van der Waals surface area contributed by atoms with Crippen LogP contribution in [0.15, 0.2) is 59.4 Å². The highest BCUT2D eigenvalue weighted by Gasteiger charge is 2.16. The number of carbonyl (C=O) groups excluding carboxylic acids is 1. The van der Waals surface area contributed by atoms with E-state index in [4.69, 9.17) is 9.47 Å². The van der Waals surface area contributed by atoms with Crippen LogP contribution in [0.5, 0.6) is 11.6 Å². The first-order valence-corrected chi connectivity index (χ1v) is 9.17. The molecule has 2 aromatic carbocycles. The molecule has 0 bridgehead atoms. The Morgan fingerprint density at radius 3 is 2.41 bits per heavy atom. The van der Waals surface area contributed by atoms with Crippen LogP contribution in [-0.4, -0.2) is 28.9 Å². The molecule has 0 radical (unpaired) electrons. The lowest BCUT2D eigenvalue weighted by atomic mass is 10.1. The summed E-state index contributed by atoms with van der Waals surface area (Å²) in [6.07, 6.45) is -0.810. The van der Waals surface area contributed by atoms with Gasteiger partial charge in [-0.05, 0) is 68.3 Å². The minimum Gasteiger partial charge on any atom is -0.497 e. The van der Waals surface area contributed by atoms with Gasteiger partial charge in [-0.2, -0.15) is 4.68 Å². The minimum atomic E-state index is -0.810. The van der Waals surface area contributed by atoms with Gasteiger partial charge in [0.25, 0.3) is 11.5 Å². The minimum absolute atomic E-state index is 0.181. The molecule has 0 aliphatic heterocycles. The van der Waals surface area contributed by atoms with Gasteiger partial charge in [0.2, 0.25) is 5.88 Å². The normalized spacial score (nSPS) is 11.6. The van der Waals surface area contributed by atoms with Gasteiger partial charge >= 0.3 is 0 Å². The Balaban J connectivity index is 1.74. The molecule has 3 aromatic rings. The van der Waals surface area contributed by atoms with Gasteiger partial charge in [-0.3, -0.25) is 9.59 Å². The molecule has 0 aliphatic carbocycles. The molecule has 1 N–H and O–H groups in total. The van der Waals surface area contributed by atoms with E-state index in [0.29, 0.717) is 17.1 Å². The van der Waals surface area contributed by atoms with Gasteiger partial charge < -0.3 is 14.8 Å². The van der Waals surface area contributed by atoms with Gasteiger partial charge in [0.15, 0.2) is 6.10 Å². The third kappa shape index (κ3) is 4.82. The first-order chi connectivity index (χ1) is 13.9. The Kier molecular flexibility index (Phi) is 5.97. The van der Waals surface area contributed by atoms with E-state index in [1.165, 1.54) is 16.8 Å². The maximum atomic E-state index is 12.4. The van der Waals surface area contributed by atoms with Crippen molar-refractivity contribution in [3.05, 3.63) is 76.1 Å². The van der Waals surface area contributed by atoms with Crippen LogP contribution in [0, 0.1) is 13.8 Å². The van der Waals surface area contributed by atoms with Crippen molar-refractivity contribution in [3.63, 3.8) is 0 Å². The topological polar surface area (TPSA) is 82.5 Å². The molecule has 0 aliphatic rings. The van der Waals surface area contributed by atoms with Gasteiger partial charge in [0.1, 0.15) is 5.75 Å². The summed E-state index contributed by atoms with van der Waals surface area (Å²) in [4.78, 5) is 24.6. The summed E-state index contributed by atoms with van der Waals surface area (Å²) >= 11 is 0. The van der Waals surface area contributed by atoms with Gasteiger partial charge in [-0.15, -0.1) is 5.10 Å². The van der Waals surface area contributed by atoms with Crippen LogP contribution in [-0.2, 0) is 4.79 Å². The summed E-state index contributed by atoms with van der Waals surface area (Å²) in [7, 11) is 1.58. The number of ether oxygens (including phenoxy) is 2.